The third-order valence-corrected chi connectivity index (χ3v) is 3.93. The van der Waals surface area contributed by atoms with Crippen LogP contribution in [0.1, 0.15) is 26.7 Å². The standard InChI is InChI=1S/C16H23N3O2/c1-5-11(2)19-15(20)10-13(16(19)21)17-12-8-6-7-9-14(12)18(3)4/h6-9,11,13,17H,5,10H2,1-4H3. The minimum absolute atomic E-state index is 0.0408. The van der Waals surface area contributed by atoms with E-state index in [-0.39, 0.29) is 24.3 Å². The van der Waals surface area contributed by atoms with Crippen LogP contribution in [0.15, 0.2) is 24.3 Å². The zero-order valence-electron chi connectivity index (χ0n) is 13.1. The van der Waals surface area contributed by atoms with Crippen LogP contribution in [0.4, 0.5) is 11.4 Å². The van der Waals surface area contributed by atoms with Gasteiger partial charge in [0.25, 0.3) is 5.91 Å². The molecule has 0 bridgehead atoms. The lowest BCUT2D eigenvalue weighted by atomic mass is 10.2. The van der Waals surface area contributed by atoms with Gasteiger partial charge in [0, 0.05) is 20.1 Å². The van der Waals surface area contributed by atoms with Crippen LogP contribution in [0, 0.1) is 0 Å². The number of likely N-dealkylation sites (tertiary alicyclic amines) is 1. The molecule has 0 aliphatic carbocycles. The van der Waals surface area contributed by atoms with Gasteiger partial charge in [-0.3, -0.25) is 14.5 Å². The summed E-state index contributed by atoms with van der Waals surface area (Å²) in [5.41, 5.74) is 1.87. The lowest BCUT2D eigenvalue weighted by Crippen LogP contribution is -2.40. The van der Waals surface area contributed by atoms with Gasteiger partial charge in [-0.1, -0.05) is 19.1 Å². The monoisotopic (exact) mass is 289 g/mol. The van der Waals surface area contributed by atoms with Gasteiger partial charge < -0.3 is 10.2 Å². The summed E-state index contributed by atoms with van der Waals surface area (Å²) < 4.78 is 0. The Morgan fingerprint density at radius 1 is 1.33 bits per heavy atom. The second-order valence-corrected chi connectivity index (χ2v) is 5.67. The van der Waals surface area contributed by atoms with Crippen molar-refractivity contribution in [2.75, 3.05) is 24.3 Å². The summed E-state index contributed by atoms with van der Waals surface area (Å²) in [6.45, 7) is 3.89. The topological polar surface area (TPSA) is 52.7 Å². The molecule has 0 saturated carbocycles. The average molecular weight is 289 g/mol. The molecular weight excluding hydrogens is 266 g/mol. The van der Waals surface area contributed by atoms with E-state index in [9.17, 15) is 9.59 Å². The normalized spacial score (nSPS) is 19.8. The molecule has 0 radical (unpaired) electrons. The Morgan fingerprint density at radius 2 is 2.00 bits per heavy atom. The van der Waals surface area contributed by atoms with Crippen molar-refractivity contribution in [3.05, 3.63) is 24.3 Å². The van der Waals surface area contributed by atoms with E-state index in [4.69, 9.17) is 0 Å². The first-order valence-corrected chi connectivity index (χ1v) is 7.34. The summed E-state index contributed by atoms with van der Waals surface area (Å²) in [7, 11) is 3.90. The van der Waals surface area contributed by atoms with E-state index in [0.29, 0.717) is 0 Å². The summed E-state index contributed by atoms with van der Waals surface area (Å²) in [5, 5.41) is 3.23. The van der Waals surface area contributed by atoms with Crippen molar-refractivity contribution in [3.63, 3.8) is 0 Å². The molecule has 2 amide bonds. The highest BCUT2D eigenvalue weighted by molar-refractivity contribution is 6.07. The quantitative estimate of drug-likeness (QED) is 0.843. The van der Waals surface area contributed by atoms with Crippen molar-refractivity contribution in [3.8, 4) is 0 Å². The second kappa shape index (κ2) is 6.16. The average Bonchev–Trinajstić information content (AvgIpc) is 2.73. The molecule has 2 atom stereocenters. The molecule has 2 unspecified atom stereocenters. The molecule has 1 fully saturated rings. The van der Waals surface area contributed by atoms with E-state index in [1.165, 1.54) is 4.90 Å². The molecular formula is C16H23N3O2. The molecule has 1 N–H and O–H groups in total. The maximum absolute atomic E-state index is 12.4. The number of hydrogen-bond acceptors (Lipinski definition) is 4. The number of para-hydroxylation sites is 2. The van der Waals surface area contributed by atoms with E-state index in [1.54, 1.807) is 0 Å². The predicted molar refractivity (Wildman–Crippen MR) is 84.4 cm³/mol. The predicted octanol–water partition coefficient (Wildman–Crippen LogP) is 2.09. The number of nitrogens with zero attached hydrogens (tertiary/aromatic N) is 2. The number of hydrogen-bond donors (Lipinski definition) is 1. The first-order chi connectivity index (χ1) is 9.95. The molecule has 0 aromatic heterocycles. The van der Waals surface area contributed by atoms with Gasteiger partial charge in [-0.15, -0.1) is 0 Å². The van der Waals surface area contributed by atoms with Crippen LogP contribution in [-0.4, -0.2) is 42.9 Å². The lowest BCUT2D eigenvalue weighted by molar-refractivity contribution is -0.140. The Balaban J connectivity index is 2.18. The first kappa shape index (κ1) is 15.4. The van der Waals surface area contributed by atoms with E-state index < -0.39 is 6.04 Å². The molecule has 1 aromatic carbocycles. The first-order valence-electron chi connectivity index (χ1n) is 7.34. The van der Waals surface area contributed by atoms with Gasteiger partial charge in [-0.2, -0.15) is 0 Å². The smallest absolute Gasteiger partial charge is 0.252 e. The number of amides is 2. The van der Waals surface area contributed by atoms with Crippen molar-refractivity contribution in [1.82, 2.24) is 4.90 Å². The van der Waals surface area contributed by atoms with Crippen LogP contribution in [0.5, 0.6) is 0 Å². The zero-order chi connectivity index (χ0) is 15.6. The van der Waals surface area contributed by atoms with Crippen molar-refractivity contribution in [1.29, 1.82) is 0 Å². The van der Waals surface area contributed by atoms with E-state index >= 15 is 0 Å². The minimum Gasteiger partial charge on any atom is -0.376 e. The fourth-order valence-corrected chi connectivity index (χ4v) is 2.58. The van der Waals surface area contributed by atoms with Gasteiger partial charge in [0.05, 0.1) is 17.8 Å². The molecule has 1 aliphatic heterocycles. The molecule has 2 rings (SSSR count). The summed E-state index contributed by atoms with van der Waals surface area (Å²) in [6, 6.07) is 7.28. The number of carbonyl (C=O) groups is 2. The number of nitrogens with one attached hydrogen (secondary N) is 1. The minimum atomic E-state index is -0.465. The number of rotatable bonds is 5. The van der Waals surface area contributed by atoms with Gasteiger partial charge >= 0.3 is 0 Å². The van der Waals surface area contributed by atoms with E-state index in [1.807, 2.05) is 57.1 Å². The summed E-state index contributed by atoms with van der Waals surface area (Å²) in [6.07, 6.45) is 1.00. The molecule has 5 nitrogen and oxygen atoms in total. The number of imide groups is 1. The highest BCUT2D eigenvalue weighted by atomic mass is 16.2. The maximum Gasteiger partial charge on any atom is 0.252 e. The fourth-order valence-electron chi connectivity index (χ4n) is 2.58. The zero-order valence-corrected chi connectivity index (χ0v) is 13.1. The molecule has 114 valence electrons. The van der Waals surface area contributed by atoms with Gasteiger partial charge in [-0.25, -0.2) is 0 Å². The maximum atomic E-state index is 12.4. The third kappa shape index (κ3) is 3.01. The van der Waals surface area contributed by atoms with E-state index in [2.05, 4.69) is 5.32 Å². The second-order valence-electron chi connectivity index (χ2n) is 5.67. The van der Waals surface area contributed by atoms with Crippen LogP contribution < -0.4 is 10.2 Å². The van der Waals surface area contributed by atoms with Gasteiger partial charge in [0.15, 0.2) is 0 Å². The van der Waals surface area contributed by atoms with Gasteiger partial charge in [0.2, 0.25) is 5.91 Å². The van der Waals surface area contributed by atoms with Crippen molar-refractivity contribution < 1.29 is 9.59 Å². The molecule has 1 aromatic rings. The van der Waals surface area contributed by atoms with Crippen molar-refractivity contribution in [2.45, 2.75) is 38.8 Å². The van der Waals surface area contributed by atoms with Crippen LogP contribution in [-0.2, 0) is 9.59 Å². The Kier molecular flexibility index (Phi) is 4.50. The highest BCUT2D eigenvalue weighted by Crippen LogP contribution is 2.27. The Labute approximate surface area is 125 Å². The molecule has 5 heteroatoms. The molecule has 1 aliphatic rings. The highest BCUT2D eigenvalue weighted by Gasteiger charge is 2.40. The SMILES string of the molecule is CCC(C)N1C(=O)CC(Nc2ccccc2N(C)C)C1=O. The summed E-state index contributed by atoms with van der Waals surface area (Å²) in [4.78, 5) is 27.9. The Morgan fingerprint density at radius 3 is 2.62 bits per heavy atom. The largest absolute Gasteiger partial charge is 0.376 e. The van der Waals surface area contributed by atoms with Crippen LogP contribution in [0.2, 0.25) is 0 Å². The molecule has 0 spiro atoms. The summed E-state index contributed by atoms with van der Waals surface area (Å²) >= 11 is 0. The molecule has 21 heavy (non-hydrogen) atoms. The van der Waals surface area contributed by atoms with Crippen molar-refractivity contribution >= 4 is 23.2 Å². The number of carbonyl (C=O) groups excluding carboxylic acids is 2. The number of benzene rings is 1. The number of anilines is 2. The Hall–Kier alpha value is -2.04. The Bertz CT molecular complexity index is 542. The van der Waals surface area contributed by atoms with Crippen LogP contribution in [0.25, 0.3) is 0 Å². The van der Waals surface area contributed by atoms with E-state index in [0.717, 1.165) is 17.8 Å². The summed E-state index contributed by atoms with van der Waals surface area (Å²) in [5.74, 6) is -0.211. The molecule has 1 saturated heterocycles. The van der Waals surface area contributed by atoms with Gasteiger partial charge in [0.1, 0.15) is 6.04 Å². The van der Waals surface area contributed by atoms with Gasteiger partial charge in [-0.05, 0) is 25.5 Å². The van der Waals surface area contributed by atoms with Crippen molar-refractivity contribution in [2.24, 2.45) is 0 Å². The van der Waals surface area contributed by atoms with Crippen LogP contribution in [0.3, 0.4) is 0 Å². The third-order valence-electron chi connectivity index (χ3n) is 3.93. The fraction of sp³-hybridized carbons (Fsp3) is 0.500. The molecule has 1 heterocycles. The lowest BCUT2D eigenvalue weighted by Gasteiger charge is -2.23. The van der Waals surface area contributed by atoms with Crippen LogP contribution >= 0.6 is 0 Å².